The minimum Gasteiger partial charge on any atom is -0.505 e. The Morgan fingerprint density at radius 3 is 2.71 bits per heavy atom. The molecule has 1 amide bonds. The number of pyridine rings is 1. The fourth-order valence-corrected chi connectivity index (χ4v) is 1.84. The highest BCUT2D eigenvalue weighted by Crippen LogP contribution is 2.19. The SMILES string of the molecule is O=C(Nc1ccccc1I)c1ncccc1O. The highest BCUT2D eigenvalue weighted by Gasteiger charge is 2.13. The number of benzene rings is 1. The van der Waals surface area contributed by atoms with Crippen molar-refractivity contribution in [3.8, 4) is 5.75 Å². The first kappa shape index (κ1) is 11.8. The van der Waals surface area contributed by atoms with Crippen LogP contribution >= 0.6 is 22.6 Å². The van der Waals surface area contributed by atoms with Gasteiger partial charge in [0.25, 0.3) is 5.91 Å². The topological polar surface area (TPSA) is 62.2 Å². The number of rotatable bonds is 2. The van der Waals surface area contributed by atoms with Crippen molar-refractivity contribution >= 4 is 34.2 Å². The van der Waals surface area contributed by atoms with Gasteiger partial charge in [-0.2, -0.15) is 0 Å². The van der Waals surface area contributed by atoms with Crippen molar-refractivity contribution < 1.29 is 9.90 Å². The third-order valence-corrected chi connectivity index (χ3v) is 3.06. The number of hydrogen-bond donors (Lipinski definition) is 2. The van der Waals surface area contributed by atoms with Crippen LogP contribution in [-0.2, 0) is 0 Å². The molecule has 0 saturated carbocycles. The van der Waals surface area contributed by atoms with Gasteiger partial charge in [0.05, 0.1) is 5.69 Å². The van der Waals surface area contributed by atoms with Gasteiger partial charge in [-0.05, 0) is 46.9 Å². The first-order valence-corrected chi connectivity index (χ1v) is 5.96. The molecule has 2 aromatic rings. The van der Waals surface area contributed by atoms with Gasteiger partial charge in [0, 0.05) is 9.77 Å². The second kappa shape index (κ2) is 5.13. The zero-order chi connectivity index (χ0) is 12.3. The van der Waals surface area contributed by atoms with Crippen LogP contribution in [0.15, 0.2) is 42.6 Å². The van der Waals surface area contributed by atoms with Gasteiger partial charge in [0.2, 0.25) is 0 Å². The van der Waals surface area contributed by atoms with Crippen LogP contribution in [0, 0.1) is 3.57 Å². The Labute approximate surface area is 112 Å². The molecule has 0 aliphatic heterocycles. The molecule has 0 aliphatic rings. The summed E-state index contributed by atoms with van der Waals surface area (Å²) in [6.45, 7) is 0. The number of halogens is 1. The number of aromatic hydroxyl groups is 1. The zero-order valence-corrected chi connectivity index (χ0v) is 10.9. The maximum atomic E-state index is 11.9. The number of carbonyl (C=O) groups excluding carboxylic acids is 1. The van der Waals surface area contributed by atoms with Gasteiger partial charge < -0.3 is 10.4 Å². The number of carbonyl (C=O) groups is 1. The standard InChI is InChI=1S/C12H9IN2O2/c13-8-4-1-2-5-9(8)15-12(17)11-10(16)6-3-7-14-11/h1-7,16H,(H,15,17). The van der Waals surface area contributed by atoms with Crippen molar-refractivity contribution in [2.75, 3.05) is 5.32 Å². The van der Waals surface area contributed by atoms with E-state index in [1.54, 1.807) is 12.1 Å². The van der Waals surface area contributed by atoms with Crippen LogP contribution in [-0.4, -0.2) is 16.0 Å². The molecule has 0 fully saturated rings. The summed E-state index contributed by atoms with van der Waals surface area (Å²) in [7, 11) is 0. The number of amides is 1. The molecule has 0 spiro atoms. The smallest absolute Gasteiger partial charge is 0.278 e. The number of nitrogens with one attached hydrogen (secondary N) is 1. The van der Waals surface area contributed by atoms with Crippen LogP contribution in [0.2, 0.25) is 0 Å². The largest absolute Gasteiger partial charge is 0.505 e. The van der Waals surface area contributed by atoms with E-state index in [2.05, 4.69) is 32.9 Å². The Hall–Kier alpha value is -1.63. The molecule has 0 radical (unpaired) electrons. The van der Waals surface area contributed by atoms with E-state index in [9.17, 15) is 9.90 Å². The Balaban J connectivity index is 2.24. The van der Waals surface area contributed by atoms with Crippen molar-refractivity contribution in [2.24, 2.45) is 0 Å². The van der Waals surface area contributed by atoms with Gasteiger partial charge in [0.1, 0.15) is 5.75 Å². The van der Waals surface area contributed by atoms with E-state index in [0.29, 0.717) is 5.69 Å². The molecule has 2 N–H and O–H groups in total. The molecule has 4 nitrogen and oxygen atoms in total. The minimum atomic E-state index is -0.424. The van der Waals surface area contributed by atoms with E-state index >= 15 is 0 Å². The number of para-hydroxylation sites is 1. The Bertz CT molecular complexity index is 558. The van der Waals surface area contributed by atoms with Crippen LogP contribution in [0.3, 0.4) is 0 Å². The lowest BCUT2D eigenvalue weighted by atomic mass is 10.3. The Kier molecular flexibility index (Phi) is 3.58. The molecule has 0 saturated heterocycles. The lowest BCUT2D eigenvalue weighted by molar-refractivity contribution is 0.101. The van der Waals surface area contributed by atoms with Crippen molar-refractivity contribution in [3.63, 3.8) is 0 Å². The van der Waals surface area contributed by atoms with Crippen LogP contribution < -0.4 is 5.32 Å². The van der Waals surface area contributed by atoms with Crippen molar-refractivity contribution in [2.45, 2.75) is 0 Å². The molecular formula is C12H9IN2O2. The maximum Gasteiger partial charge on any atom is 0.278 e. The second-order valence-corrected chi connectivity index (χ2v) is 4.47. The van der Waals surface area contributed by atoms with Crippen LogP contribution in [0.1, 0.15) is 10.5 Å². The highest BCUT2D eigenvalue weighted by molar-refractivity contribution is 14.1. The summed E-state index contributed by atoms with van der Waals surface area (Å²) in [6, 6.07) is 10.4. The average molecular weight is 340 g/mol. The summed E-state index contributed by atoms with van der Waals surface area (Å²) in [5.74, 6) is -0.553. The molecular weight excluding hydrogens is 331 g/mol. The summed E-state index contributed by atoms with van der Waals surface area (Å²) >= 11 is 2.12. The lowest BCUT2D eigenvalue weighted by Gasteiger charge is -2.07. The van der Waals surface area contributed by atoms with E-state index in [0.717, 1.165) is 3.57 Å². The molecule has 5 heteroatoms. The molecule has 86 valence electrons. The third-order valence-electron chi connectivity index (χ3n) is 2.12. The molecule has 1 heterocycles. The quantitative estimate of drug-likeness (QED) is 0.827. The van der Waals surface area contributed by atoms with E-state index in [-0.39, 0.29) is 11.4 Å². The predicted octanol–water partition coefficient (Wildman–Crippen LogP) is 2.64. The lowest BCUT2D eigenvalue weighted by Crippen LogP contribution is -2.14. The first-order valence-electron chi connectivity index (χ1n) is 4.88. The van der Waals surface area contributed by atoms with Gasteiger partial charge in [-0.3, -0.25) is 4.79 Å². The second-order valence-electron chi connectivity index (χ2n) is 3.31. The number of nitrogens with zero attached hydrogens (tertiary/aromatic N) is 1. The molecule has 1 aromatic carbocycles. The fourth-order valence-electron chi connectivity index (χ4n) is 1.32. The van der Waals surface area contributed by atoms with Gasteiger partial charge in [-0.25, -0.2) is 4.98 Å². The summed E-state index contributed by atoms with van der Waals surface area (Å²) in [4.78, 5) is 15.7. The van der Waals surface area contributed by atoms with Gasteiger partial charge in [-0.1, -0.05) is 12.1 Å². The van der Waals surface area contributed by atoms with Crippen LogP contribution in [0.4, 0.5) is 5.69 Å². The summed E-state index contributed by atoms with van der Waals surface area (Å²) < 4.78 is 0.925. The summed E-state index contributed by atoms with van der Waals surface area (Å²) in [5.41, 5.74) is 0.718. The molecule has 0 bridgehead atoms. The maximum absolute atomic E-state index is 11.9. The molecule has 0 unspecified atom stereocenters. The number of anilines is 1. The van der Waals surface area contributed by atoms with Crippen LogP contribution in [0.25, 0.3) is 0 Å². The fraction of sp³-hybridized carbons (Fsp3) is 0. The number of hydrogen-bond acceptors (Lipinski definition) is 3. The monoisotopic (exact) mass is 340 g/mol. The molecule has 1 aromatic heterocycles. The highest BCUT2D eigenvalue weighted by atomic mass is 127. The zero-order valence-electron chi connectivity index (χ0n) is 8.72. The molecule has 17 heavy (non-hydrogen) atoms. The minimum absolute atomic E-state index is 0.0205. The molecule has 2 rings (SSSR count). The normalized spacial score (nSPS) is 9.94. The van der Waals surface area contributed by atoms with E-state index in [1.807, 2.05) is 18.2 Å². The van der Waals surface area contributed by atoms with Gasteiger partial charge >= 0.3 is 0 Å². The first-order chi connectivity index (χ1) is 8.18. The van der Waals surface area contributed by atoms with E-state index in [4.69, 9.17) is 0 Å². The third kappa shape index (κ3) is 2.73. The van der Waals surface area contributed by atoms with E-state index < -0.39 is 5.91 Å². The average Bonchev–Trinajstić information content (AvgIpc) is 2.32. The predicted molar refractivity (Wildman–Crippen MR) is 73.0 cm³/mol. The summed E-state index contributed by atoms with van der Waals surface area (Å²) in [5, 5.41) is 12.2. The number of aromatic nitrogens is 1. The van der Waals surface area contributed by atoms with Gasteiger partial charge in [-0.15, -0.1) is 0 Å². The van der Waals surface area contributed by atoms with Crippen molar-refractivity contribution in [3.05, 3.63) is 51.9 Å². The van der Waals surface area contributed by atoms with E-state index in [1.165, 1.54) is 12.3 Å². The van der Waals surface area contributed by atoms with Crippen molar-refractivity contribution in [1.82, 2.24) is 4.98 Å². The Morgan fingerprint density at radius 1 is 1.24 bits per heavy atom. The Morgan fingerprint density at radius 2 is 2.00 bits per heavy atom. The van der Waals surface area contributed by atoms with Gasteiger partial charge in [0.15, 0.2) is 5.69 Å². The van der Waals surface area contributed by atoms with Crippen molar-refractivity contribution in [1.29, 1.82) is 0 Å². The van der Waals surface area contributed by atoms with Crippen LogP contribution in [0.5, 0.6) is 5.75 Å². The summed E-state index contributed by atoms with van der Waals surface area (Å²) in [6.07, 6.45) is 1.46. The molecule has 0 aliphatic carbocycles. The molecule has 0 atom stereocenters.